The molecular formula is C15H17N3O3. The molecule has 1 N–H and O–H groups in total. The third kappa shape index (κ3) is 2.16. The van der Waals surface area contributed by atoms with E-state index in [-0.39, 0.29) is 18.4 Å². The van der Waals surface area contributed by atoms with Gasteiger partial charge in [-0.25, -0.2) is 4.79 Å². The van der Waals surface area contributed by atoms with E-state index in [1.165, 1.54) is 0 Å². The number of hydrogen-bond donors (Lipinski definition) is 1. The van der Waals surface area contributed by atoms with E-state index >= 15 is 0 Å². The SMILES string of the molecule is CC1(C)NC(=O)N(CC(=O)N2CCc3ccccc32)C1=O. The Labute approximate surface area is 122 Å². The van der Waals surface area contributed by atoms with Gasteiger partial charge in [-0.15, -0.1) is 0 Å². The quantitative estimate of drug-likeness (QED) is 0.822. The molecule has 0 atom stereocenters. The predicted molar refractivity (Wildman–Crippen MR) is 76.8 cm³/mol. The van der Waals surface area contributed by atoms with E-state index in [2.05, 4.69) is 5.32 Å². The molecule has 1 fully saturated rings. The number of fused-ring (bicyclic) bond motifs is 1. The van der Waals surface area contributed by atoms with Gasteiger partial charge in [0.15, 0.2) is 0 Å². The summed E-state index contributed by atoms with van der Waals surface area (Å²) in [6, 6.07) is 7.18. The van der Waals surface area contributed by atoms with Crippen molar-refractivity contribution < 1.29 is 14.4 Å². The Hall–Kier alpha value is -2.37. The highest BCUT2D eigenvalue weighted by atomic mass is 16.2. The van der Waals surface area contributed by atoms with Gasteiger partial charge in [-0.1, -0.05) is 18.2 Å². The van der Waals surface area contributed by atoms with E-state index in [0.717, 1.165) is 22.6 Å². The van der Waals surface area contributed by atoms with Crippen molar-refractivity contribution in [1.82, 2.24) is 10.2 Å². The van der Waals surface area contributed by atoms with Crippen molar-refractivity contribution in [2.45, 2.75) is 25.8 Å². The average molecular weight is 287 g/mol. The van der Waals surface area contributed by atoms with Crippen molar-refractivity contribution >= 4 is 23.5 Å². The van der Waals surface area contributed by atoms with Gasteiger partial charge in [0, 0.05) is 12.2 Å². The molecule has 4 amide bonds. The van der Waals surface area contributed by atoms with Crippen LogP contribution < -0.4 is 10.2 Å². The van der Waals surface area contributed by atoms with Crippen LogP contribution in [-0.2, 0) is 16.0 Å². The second-order valence-electron chi connectivity index (χ2n) is 5.87. The van der Waals surface area contributed by atoms with Crippen LogP contribution in [0.25, 0.3) is 0 Å². The Kier molecular flexibility index (Phi) is 2.97. The zero-order valence-electron chi connectivity index (χ0n) is 12.0. The Morgan fingerprint density at radius 2 is 2.00 bits per heavy atom. The van der Waals surface area contributed by atoms with E-state index in [1.807, 2.05) is 24.3 Å². The maximum atomic E-state index is 12.4. The standard InChI is InChI=1S/C15H17N3O3/c1-15(2)13(20)18(14(21)16-15)9-12(19)17-8-7-10-5-3-4-6-11(10)17/h3-6H,7-9H2,1-2H3,(H,16,21). The third-order valence-corrected chi connectivity index (χ3v) is 3.93. The number of benzene rings is 1. The van der Waals surface area contributed by atoms with Crippen LogP contribution in [0.3, 0.4) is 0 Å². The van der Waals surface area contributed by atoms with Gasteiger partial charge < -0.3 is 10.2 Å². The van der Waals surface area contributed by atoms with E-state index in [9.17, 15) is 14.4 Å². The molecule has 6 heteroatoms. The molecule has 21 heavy (non-hydrogen) atoms. The van der Waals surface area contributed by atoms with Crippen LogP contribution in [0, 0.1) is 0 Å². The maximum absolute atomic E-state index is 12.4. The lowest BCUT2D eigenvalue weighted by Crippen LogP contribution is -2.44. The third-order valence-electron chi connectivity index (χ3n) is 3.93. The van der Waals surface area contributed by atoms with E-state index in [0.29, 0.717) is 6.54 Å². The second kappa shape index (κ2) is 4.58. The first-order valence-corrected chi connectivity index (χ1v) is 6.92. The molecule has 0 radical (unpaired) electrons. The molecule has 2 aliphatic heterocycles. The number of nitrogens with one attached hydrogen (secondary N) is 1. The molecule has 0 aliphatic carbocycles. The smallest absolute Gasteiger partial charge is 0.324 e. The van der Waals surface area contributed by atoms with Gasteiger partial charge in [0.1, 0.15) is 12.1 Å². The first-order valence-electron chi connectivity index (χ1n) is 6.92. The molecule has 0 unspecified atom stereocenters. The number of anilines is 1. The molecule has 6 nitrogen and oxygen atoms in total. The lowest BCUT2D eigenvalue weighted by Gasteiger charge is -2.21. The molecule has 0 spiro atoms. The summed E-state index contributed by atoms with van der Waals surface area (Å²) in [6.07, 6.45) is 0.799. The number of para-hydroxylation sites is 1. The number of amides is 4. The topological polar surface area (TPSA) is 69.7 Å². The molecule has 3 rings (SSSR count). The average Bonchev–Trinajstić information content (AvgIpc) is 2.94. The highest BCUT2D eigenvalue weighted by molar-refractivity contribution is 6.10. The molecule has 0 bridgehead atoms. The summed E-state index contributed by atoms with van der Waals surface area (Å²) < 4.78 is 0. The summed E-state index contributed by atoms with van der Waals surface area (Å²) in [5.74, 6) is -0.602. The van der Waals surface area contributed by atoms with Crippen LogP contribution in [0.2, 0.25) is 0 Å². The lowest BCUT2D eigenvalue weighted by atomic mass is 10.1. The molecule has 0 saturated carbocycles. The van der Waals surface area contributed by atoms with Crippen molar-refractivity contribution in [3.05, 3.63) is 29.8 Å². The van der Waals surface area contributed by atoms with E-state index < -0.39 is 11.6 Å². The van der Waals surface area contributed by atoms with E-state index in [4.69, 9.17) is 0 Å². The van der Waals surface area contributed by atoms with Gasteiger partial charge in [-0.3, -0.25) is 14.5 Å². The molecule has 2 heterocycles. The molecule has 1 aromatic carbocycles. The highest BCUT2D eigenvalue weighted by Gasteiger charge is 2.45. The summed E-state index contributed by atoms with van der Waals surface area (Å²) in [5, 5.41) is 2.57. The van der Waals surface area contributed by atoms with Crippen LogP contribution in [0.5, 0.6) is 0 Å². The number of carbonyl (C=O) groups excluding carboxylic acids is 3. The van der Waals surface area contributed by atoms with Crippen molar-refractivity contribution in [2.24, 2.45) is 0 Å². The summed E-state index contributed by atoms with van der Waals surface area (Å²) in [6.45, 7) is 3.62. The van der Waals surface area contributed by atoms with Gasteiger partial charge in [0.25, 0.3) is 5.91 Å². The monoisotopic (exact) mass is 287 g/mol. The van der Waals surface area contributed by atoms with Gasteiger partial charge in [0.2, 0.25) is 5.91 Å². The maximum Gasteiger partial charge on any atom is 0.325 e. The Balaban J connectivity index is 1.77. The van der Waals surface area contributed by atoms with Crippen LogP contribution in [0.1, 0.15) is 19.4 Å². The molecule has 0 aromatic heterocycles. The fourth-order valence-electron chi connectivity index (χ4n) is 2.78. The number of rotatable bonds is 2. The minimum Gasteiger partial charge on any atom is -0.324 e. The van der Waals surface area contributed by atoms with Gasteiger partial charge >= 0.3 is 6.03 Å². The minimum absolute atomic E-state index is 0.220. The lowest BCUT2D eigenvalue weighted by molar-refractivity contribution is -0.133. The van der Waals surface area contributed by atoms with Crippen molar-refractivity contribution in [3.63, 3.8) is 0 Å². The highest BCUT2D eigenvalue weighted by Crippen LogP contribution is 2.28. The number of imide groups is 1. The zero-order chi connectivity index (χ0) is 15.2. The van der Waals surface area contributed by atoms with E-state index in [1.54, 1.807) is 18.7 Å². The summed E-state index contributed by atoms with van der Waals surface area (Å²) in [4.78, 5) is 39.0. The number of urea groups is 1. The van der Waals surface area contributed by atoms with Gasteiger partial charge in [-0.2, -0.15) is 0 Å². The molecule has 2 aliphatic rings. The molecule has 110 valence electrons. The van der Waals surface area contributed by atoms with Crippen molar-refractivity contribution in [3.8, 4) is 0 Å². The van der Waals surface area contributed by atoms with Crippen molar-refractivity contribution in [2.75, 3.05) is 18.0 Å². The first-order chi connectivity index (χ1) is 9.90. The number of hydrogen-bond acceptors (Lipinski definition) is 3. The fourth-order valence-corrected chi connectivity index (χ4v) is 2.78. The van der Waals surface area contributed by atoms with Gasteiger partial charge in [-0.05, 0) is 31.9 Å². The zero-order valence-corrected chi connectivity index (χ0v) is 12.0. The summed E-state index contributed by atoms with van der Waals surface area (Å²) in [5.41, 5.74) is 1.04. The Morgan fingerprint density at radius 3 is 2.67 bits per heavy atom. The summed E-state index contributed by atoms with van der Waals surface area (Å²) >= 11 is 0. The fraction of sp³-hybridized carbons (Fsp3) is 0.400. The first kappa shape index (κ1) is 13.6. The number of nitrogens with zero attached hydrogens (tertiary/aromatic N) is 2. The molecule has 1 saturated heterocycles. The largest absolute Gasteiger partial charge is 0.325 e. The second-order valence-corrected chi connectivity index (χ2v) is 5.87. The molecule has 1 aromatic rings. The van der Waals surface area contributed by atoms with Crippen LogP contribution in [0.4, 0.5) is 10.5 Å². The van der Waals surface area contributed by atoms with Gasteiger partial charge in [0.05, 0.1) is 0 Å². The summed E-state index contributed by atoms with van der Waals surface area (Å²) in [7, 11) is 0. The van der Waals surface area contributed by atoms with Crippen LogP contribution >= 0.6 is 0 Å². The molecular weight excluding hydrogens is 270 g/mol. The minimum atomic E-state index is -0.944. The van der Waals surface area contributed by atoms with Crippen LogP contribution in [-0.4, -0.2) is 41.4 Å². The Bertz CT molecular complexity index is 639. The van der Waals surface area contributed by atoms with Crippen molar-refractivity contribution in [1.29, 1.82) is 0 Å². The van der Waals surface area contributed by atoms with Crippen LogP contribution in [0.15, 0.2) is 24.3 Å². The normalized spacial score (nSPS) is 19.7. The Morgan fingerprint density at radius 1 is 1.29 bits per heavy atom. The number of carbonyl (C=O) groups is 3. The predicted octanol–water partition coefficient (Wildman–Crippen LogP) is 0.906.